The number of hydrogen-bond donors (Lipinski definition) is 1. The normalized spacial score (nSPS) is 10.6. The second kappa shape index (κ2) is 6.53. The fraction of sp³-hybridized carbons (Fsp3) is 0.188. The first-order valence-corrected chi connectivity index (χ1v) is 7.86. The van der Waals surface area contributed by atoms with E-state index in [4.69, 9.17) is 4.74 Å². The Hall–Kier alpha value is -2.47. The first kappa shape index (κ1) is 14.5. The molecule has 0 unspecified atom stereocenters. The first-order valence-electron chi connectivity index (χ1n) is 6.98. The molecule has 0 radical (unpaired) electrons. The number of hydrogen-bond acceptors (Lipinski definition) is 6. The Morgan fingerprint density at radius 2 is 2.05 bits per heavy atom. The van der Waals surface area contributed by atoms with Gasteiger partial charge in [-0.15, -0.1) is 11.3 Å². The SMILES string of the molecule is CCOC(=O)c1nc2ccsc2nc1NCc1ccccc1. The van der Waals surface area contributed by atoms with Gasteiger partial charge in [0.1, 0.15) is 10.3 Å². The third-order valence-electron chi connectivity index (χ3n) is 3.07. The average Bonchev–Trinajstić information content (AvgIpc) is 3.00. The van der Waals surface area contributed by atoms with Crippen LogP contribution < -0.4 is 5.32 Å². The van der Waals surface area contributed by atoms with E-state index in [0.29, 0.717) is 24.5 Å². The largest absolute Gasteiger partial charge is 0.461 e. The molecule has 0 saturated carbocycles. The summed E-state index contributed by atoms with van der Waals surface area (Å²) in [7, 11) is 0. The number of ether oxygens (including phenoxy) is 1. The summed E-state index contributed by atoms with van der Waals surface area (Å²) in [5.74, 6) is -0.00378. The minimum atomic E-state index is -0.460. The maximum atomic E-state index is 12.1. The molecule has 0 spiro atoms. The molecule has 2 heterocycles. The van der Waals surface area contributed by atoms with E-state index in [1.54, 1.807) is 6.92 Å². The third-order valence-corrected chi connectivity index (χ3v) is 3.86. The molecule has 2 aromatic heterocycles. The van der Waals surface area contributed by atoms with Crippen LogP contribution in [0.1, 0.15) is 23.0 Å². The molecule has 22 heavy (non-hydrogen) atoms. The summed E-state index contributed by atoms with van der Waals surface area (Å²) in [6.45, 7) is 2.64. The maximum absolute atomic E-state index is 12.1. The molecule has 1 N–H and O–H groups in total. The molecule has 0 aliphatic heterocycles. The van der Waals surface area contributed by atoms with Crippen molar-refractivity contribution in [3.8, 4) is 0 Å². The van der Waals surface area contributed by atoms with Gasteiger partial charge in [-0.25, -0.2) is 14.8 Å². The summed E-state index contributed by atoms with van der Waals surface area (Å²) in [5.41, 5.74) is 2.03. The first-order chi connectivity index (χ1) is 10.8. The molecule has 0 saturated heterocycles. The highest BCUT2D eigenvalue weighted by atomic mass is 32.1. The molecule has 0 bridgehead atoms. The predicted molar refractivity (Wildman–Crippen MR) is 87.1 cm³/mol. The summed E-state index contributed by atoms with van der Waals surface area (Å²) < 4.78 is 5.07. The fourth-order valence-electron chi connectivity index (χ4n) is 2.04. The molecule has 0 aliphatic rings. The van der Waals surface area contributed by atoms with Crippen LogP contribution in [0.3, 0.4) is 0 Å². The van der Waals surface area contributed by atoms with Crippen LogP contribution in [-0.4, -0.2) is 22.5 Å². The lowest BCUT2D eigenvalue weighted by molar-refractivity contribution is 0.0521. The van der Waals surface area contributed by atoms with Gasteiger partial charge in [0, 0.05) is 6.54 Å². The standard InChI is InChI=1S/C16H15N3O2S/c1-2-21-16(20)13-14(17-10-11-6-4-3-5-7-11)19-15-12(18-13)8-9-22-15/h3-9H,2,10H2,1H3,(H,17,19). The van der Waals surface area contributed by atoms with E-state index in [9.17, 15) is 4.79 Å². The van der Waals surface area contributed by atoms with E-state index < -0.39 is 5.97 Å². The van der Waals surface area contributed by atoms with Crippen LogP contribution >= 0.6 is 11.3 Å². The smallest absolute Gasteiger partial charge is 0.360 e. The van der Waals surface area contributed by atoms with Gasteiger partial charge in [-0.1, -0.05) is 30.3 Å². The molecule has 0 atom stereocenters. The van der Waals surface area contributed by atoms with Crippen molar-refractivity contribution in [3.63, 3.8) is 0 Å². The Morgan fingerprint density at radius 3 is 2.82 bits per heavy atom. The minimum absolute atomic E-state index is 0.226. The van der Waals surface area contributed by atoms with Crippen LogP contribution in [0.25, 0.3) is 10.3 Å². The number of carbonyl (C=O) groups excluding carboxylic acids is 1. The van der Waals surface area contributed by atoms with Crippen LogP contribution in [0.4, 0.5) is 5.82 Å². The van der Waals surface area contributed by atoms with Gasteiger partial charge in [-0.2, -0.15) is 0 Å². The molecule has 1 aromatic carbocycles. The average molecular weight is 313 g/mol. The summed E-state index contributed by atoms with van der Waals surface area (Å²) in [4.78, 5) is 21.8. The van der Waals surface area contributed by atoms with Crippen molar-refractivity contribution < 1.29 is 9.53 Å². The number of rotatable bonds is 5. The Bertz CT molecular complexity index is 786. The maximum Gasteiger partial charge on any atom is 0.360 e. The monoisotopic (exact) mass is 313 g/mol. The van der Waals surface area contributed by atoms with Gasteiger partial charge in [0.25, 0.3) is 0 Å². The number of fused-ring (bicyclic) bond motifs is 1. The molecule has 3 rings (SSSR count). The van der Waals surface area contributed by atoms with Crippen molar-refractivity contribution >= 4 is 33.5 Å². The van der Waals surface area contributed by atoms with E-state index in [-0.39, 0.29) is 5.69 Å². The second-order valence-corrected chi connectivity index (χ2v) is 5.49. The van der Waals surface area contributed by atoms with Crippen molar-refractivity contribution in [2.24, 2.45) is 0 Å². The van der Waals surface area contributed by atoms with E-state index in [0.717, 1.165) is 10.4 Å². The van der Waals surface area contributed by atoms with Crippen molar-refractivity contribution in [2.45, 2.75) is 13.5 Å². The van der Waals surface area contributed by atoms with Gasteiger partial charge in [-0.05, 0) is 23.9 Å². The topological polar surface area (TPSA) is 64.1 Å². The van der Waals surface area contributed by atoms with Gasteiger partial charge in [0.05, 0.1) is 6.61 Å². The number of nitrogens with zero attached hydrogens (tertiary/aromatic N) is 2. The lowest BCUT2D eigenvalue weighted by Crippen LogP contribution is -2.13. The van der Waals surface area contributed by atoms with Crippen LogP contribution in [0.5, 0.6) is 0 Å². The quantitative estimate of drug-likeness (QED) is 0.731. The summed E-state index contributed by atoms with van der Waals surface area (Å²) in [5, 5.41) is 5.09. The van der Waals surface area contributed by atoms with Crippen molar-refractivity contribution in [1.82, 2.24) is 9.97 Å². The van der Waals surface area contributed by atoms with Gasteiger partial charge in [0.15, 0.2) is 11.5 Å². The van der Waals surface area contributed by atoms with E-state index >= 15 is 0 Å². The van der Waals surface area contributed by atoms with Gasteiger partial charge < -0.3 is 10.1 Å². The lowest BCUT2D eigenvalue weighted by atomic mass is 10.2. The van der Waals surface area contributed by atoms with Crippen LogP contribution in [0.15, 0.2) is 41.8 Å². The molecular formula is C16H15N3O2S. The van der Waals surface area contributed by atoms with Gasteiger partial charge in [-0.3, -0.25) is 0 Å². The Kier molecular flexibility index (Phi) is 4.29. The number of carbonyl (C=O) groups is 1. The van der Waals surface area contributed by atoms with Gasteiger partial charge >= 0.3 is 5.97 Å². The highest BCUT2D eigenvalue weighted by Gasteiger charge is 2.18. The number of nitrogens with one attached hydrogen (secondary N) is 1. The van der Waals surface area contributed by atoms with Crippen molar-refractivity contribution in [1.29, 1.82) is 0 Å². The predicted octanol–water partition coefficient (Wildman–Crippen LogP) is 3.48. The Balaban J connectivity index is 1.91. The number of aromatic nitrogens is 2. The minimum Gasteiger partial charge on any atom is -0.461 e. The zero-order chi connectivity index (χ0) is 15.4. The highest BCUT2D eigenvalue weighted by Crippen LogP contribution is 2.22. The van der Waals surface area contributed by atoms with Crippen molar-refractivity contribution in [3.05, 3.63) is 53.0 Å². The van der Waals surface area contributed by atoms with E-state index in [2.05, 4.69) is 15.3 Å². The zero-order valence-electron chi connectivity index (χ0n) is 12.1. The molecule has 0 amide bonds. The summed E-state index contributed by atoms with van der Waals surface area (Å²) >= 11 is 1.49. The van der Waals surface area contributed by atoms with E-state index in [1.165, 1.54) is 11.3 Å². The number of anilines is 1. The van der Waals surface area contributed by atoms with E-state index in [1.807, 2.05) is 41.8 Å². The summed E-state index contributed by atoms with van der Waals surface area (Å²) in [6.07, 6.45) is 0. The Morgan fingerprint density at radius 1 is 1.23 bits per heavy atom. The third kappa shape index (κ3) is 3.07. The molecule has 112 valence electrons. The van der Waals surface area contributed by atoms with Crippen LogP contribution in [0.2, 0.25) is 0 Å². The number of benzene rings is 1. The summed E-state index contributed by atoms with van der Waals surface area (Å²) in [6, 6.07) is 11.8. The lowest BCUT2D eigenvalue weighted by Gasteiger charge is -2.10. The molecule has 5 nitrogen and oxygen atoms in total. The van der Waals surface area contributed by atoms with Crippen LogP contribution in [-0.2, 0) is 11.3 Å². The van der Waals surface area contributed by atoms with Gasteiger partial charge in [0.2, 0.25) is 0 Å². The zero-order valence-corrected chi connectivity index (χ0v) is 12.9. The second-order valence-electron chi connectivity index (χ2n) is 4.59. The number of esters is 1. The Labute approximate surface area is 132 Å². The fourth-order valence-corrected chi connectivity index (χ4v) is 2.74. The van der Waals surface area contributed by atoms with Crippen molar-refractivity contribution in [2.75, 3.05) is 11.9 Å². The van der Waals surface area contributed by atoms with Crippen LogP contribution in [0, 0.1) is 0 Å². The molecule has 6 heteroatoms. The molecule has 0 aliphatic carbocycles. The number of thiophene rings is 1. The molecule has 0 fully saturated rings. The highest BCUT2D eigenvalue weighted by molar-refractivity contribution is 7.16. The molecule has 3 aromatic rings. The molecular weight excluding hydrogens is 298 g/mol.